The fourth-order valence-corrected chi connectivity index (χ4v) is 7.45. The molecule has 3 aliphatic rings. The molecular weight excluding hydrogens is 697 g/mol. The lowest BCUT2D eigenvalue weighted by molar-refractivity contribution is -0.132. The Labute approximate surface area is 299 Å². The van der Waals surface area contributed by atoms with Crippen LogP contribution in [0.1, 0.15) is 85.9 Å². The van der Waals surface area contributed by atoms with Crippen LogP contribution in [0.15, 0.2) is 64.7 Å². The number of hydrogen-bond donors (Lipinski definition) is 4. The van der Waals surface area contributed by atoms with E-state index < -0.39 is 48.8 Å². The molecule has 12 nitrogen and oxygen atoms in total. The Hall–Kier alpha value is -4.37. The average Bonchev–Trinajstić information content (AvgIpc) is 2.95. The van der Waals surface area contributed by atoms with Crippen molar-refractivity contribution < 1.29 is 45.4 Å². The van der Waals surface area contributed by atoms with Crippen LogP contribution in [-0.2, 0) is 29.8 Å². The molecule has 0 saturated heterocycles. The minimum Gasteiger partial charge on any atom is -0.478 e. The van der Waals surface area contributed by atoms with Crippen molar-refractivity contribution in [3.05, 3.63) is 87.0 Å². The maximum Gasteiger partial charge on any atom is 0.335 e. The number of ketones is 1. The molecular formula is C37H46N2O10S2. The first-order valence-electron chi connectivity index (χ1n) is 16.2. The van der Waals surface area contributed by atoms with Gasteiger partial charge in [0.15, 0.2) is 0 Å². The third-order valence-corrected chi connectivity index (χ3v) is 8.99. The van der Waals surface area contributed by atoms with Crippen LogP contribution in [0.5, 0.6) is 11.5 Å². The van der Waals surface area contributed by atoms with Crippen LogP contribution in [-0.4, -0.2) is 65.4 Å². The maximum atomic E-state index is 12.4. The standard InChI is InChI=1S/C32H34N2O9S2.C3H6O.C2H6/c1-7-19(20(8-2)30(35)36)29-23-9-21-17(15-44(37,38)39)13-31(3,4)33-25(21)11-27(23)43-28-12-26-22(10-24(28)29)18(16-45(40,41)42)14-32(5,6)34-26;1-3(2)4;1-2/h7-14,33H,15-16H2,1-6H3,(H,35,36)(H,37,38,39)(H,40,41,42);1-2H3;1-2H3/b19-7+,20-8+;;. The fourth-order valence-electron chi connectivity index (χ4n) is 6.18. The van der Waals surface area contributed by atoms with E-state index in [2.05, 4.69) is 5.32 Å². The highest BCUT2D eigenvalue weighted by atomic mass is 32.2. The number of carbonyl (C=O) groups is 2. The summed E-state index contributed by atoms with van der Waals surface area (Å²) in [5.41, 5.74) is 1.90. The first kappa shape index (κ1) is 41.1. The lowest BCUT2D eigenvalue weighted by Gasteiger charge is -2.34. The van der Waals surface area contributed by atoms with Gasteiger partial charge in [-0.15, -0.1) is 0 Å². The summed E-state index contributed by atoms with van der Waals surface area (Å²) in [4.78, 5) is 26.6. The van der Waals surface area contributed by atoms with Crippen LogP contribution in [0.25, 0.3) is 16.7 Å². The minimum atomic E-state index is -4.42. The summed E-state index contributed by atoms with van der Waals surface area (Å²) in [5.74, 6) is -1.61. The van der Waals surface area contributed by atoms with Gasteiger partial charge in [0.1, 0.15) is 28.8 Å². The third kappa shape index (κ3) is 9.91. The van der Waals surface area contributed by atoms with Crippen molar-refractivity contribution >= 4 is 54.4 Å². The van der Waals surface area contributed by atoms with Crippen LogP contribution < -0.4 is 20.6 Å². The summed E-state index contributed by atoms with van der Waals surface area (Å²) in [6.07, 6.45) is 6.49. The van der Waals surface area contributed by atoms with E-state index in [0.29, 0.717) is 66.7 Å². The number of ether oxygens (including phenoxy) is 1. The lowest BCUT2D eigenvalue weighted by atomic mass is 9.83. The number of nitrogens with one attached hydrogen (secondary N) is 1. The molecule has 0 saturated carbocycles. The molecule has 0 aliphatic carbocycles. The molecule has 3 aliphatic heterocycles. The lowest BCUT2D eigenvalue weighted by Crippen LogP contribution is -2.33. The van der Waals surface area contributed by atoms with Crippen LogP contribution in [0.3, 0.4) is 0 Å². The number of nitrogens with zero attached hydrogens (tertiary/aromatic N) is 1. The molecule has 0 amide bonds. The number of fused-ring (bicyclic) bond motifs is 4. The molecule has 276 valence electrons. The second-order valence-corrected chi connectivity index (χ2v) is 16.2. The summed E-state index contributed by atoms with van der Waals surface area (Å²) >= 11 is 0. The molecule has 0 fully saturated rings. The third-order valence-electron chi connectivity index (χ3n) is 7.64. The van der Waals surface area contributed by atoms with Gasteiger partial charge in [0.05, 0.1) is 22.0 Å². The van der Waals surface area contributed by atoms with Gasteiger partial charge >= 0.3 is 5.97 Å². The van der Waals surface area contributed by atoms with Gasteiger partial charge in [0.25, 0.3) is 20.2 Å². The van der Waals surface area contributed by atoms with Crippen molar-refractivity contribution in [1.29, 1.82) is 0 Å². The Kier molecular flexibility index (Phi) is 12.1. The largest absolute Gasteiger partial charge is 0.478 e. The summed E-state index contributed by atoms with van der Waals surface area (Å²) in [7, 11) is -8.83. The molecule has 2 aromatic carbocycles. The van der Waals surface area contributed by atoms with E-state index in [4.69, 9.17) is 9.73 Å². The molecule has 51 heavy (non-hydrogen) atoms. The number of Topliss-reactive ketones (excluding diaryl/α,β-unsaturated/α-hetero) is 1. The predicted molar refractivity (Wildman–Crippen MR) is 200 cm³/mol. The zero-order valence-corrected chi connectivity index (χ0v) is 32.1. The Morgan fingerprint density at radius 1 is 0.824 bits per heavy atom. The predicted octanol–water partition coefficient (Wildman–Crippen LogP) is 5.75. The number of anilines is 1. The number of allylic oxidation sites excluding steroid dienone is 2. The van der Waals surface area contributed by atoms with E-state index >= 15 is 0 Å². The smallest absolute Gasteiger partial charge is 0.335 e. The first-order chi connectivity index (χ1) is 23.4. The van der Waals surface area contributed by atoms with Gasteiger partial charge in [-0.1, -0.05) is 38.2 Å². The van der Waals surface area contributed by atoms with Crippen molar-refractivity contribution in [2.75, 3.05) is 16.8 Å². The summed E-state index contributed by atoms with van der Waals surface area (Å²) < 4.78 is 74.0. The highest BCUT2D eigenvalue weighted by molar-refractivity contribution is 7.86. The topological polar surface area (TPSA) is 197 Å². The van der Waals surface area contributed by atoms with Gasteiger partial charge in [-0.3, -0.25) is 14.1 Å². The SMILES string of the molecule is C/C=C(C1=c2cc3c(cc2Oc2cc4c(cc21)C(CS(=O)(=O)O)=CC(C)(C)N4)=NC(C)(C)C=C3CS(=O)(=O)O)\C(=C/C)C(=O)O.CC.CC(C)=O. The van der Waals surface area contributed by atoms with Gasteiger partial charge in [-0.05, 0) is 84.2 Å². The Bertz CT molecular complexity index is 2250. The van der Waals surface area contributed by atoms with E-state index in [1.165, 1.54) is 19.9 Å². The zero-order valence-electron chi connectivity index (χ0n) is 30.5. The normalized spacial score (nSPS) is 17.0. The zero-order chi connectivity index (χ0) is 38.9. The van der Waals surface area contributed by atoms with Crippen LogP contribution in [0.2, 0.25) is 0 Å². The molecule has 0 aromatic heterocycles. The molecule has 4 N–H and O–H groups in total. The van der Waals surface area contributed by atoms with E-state index in [9.17, 15) is 40.6 Å². The van der Waals surface area contributed by atoms with Crippen LogP contribution in [0.4, 0.5) is 5.69 Å². The Morgan fingerprint density at radius 2 is 1.37 bits per heavy atom. The summed E-state index contributed by atoms with van der Waals surface area (Å²) in [6, 6.07) is 6.74. The van der Waals surface area contributed by atoms with E-state index in [0.717, 1.165) is 0 Å². The molecule has 0 bridgehead atoms. The number of carboxylic acids is 1. The minimum absolute atomic E-state index is 0.00535. The van der Waals surface area contributed by atoms with Crippen molar-refractivity contribution in [1.82, 2.24) is 0 Å². The van der Waals surface area contributed by atoms with Gasteiger partial charge in [-0.25, -0.2) is 4.79 Å². The molecule has 2 aromatic rings. The number of benzene rings is 2. The monoisotopic (exact) mass is 742 g/mol. The average molecular weight is 743 g/mol. The molecule has 0 unspecified atom stereocenters. The molecule has 14 heteroatoms. The number of aliphatic carboxylic acids is 1. The Balaban J connectivity index is 0.00000109. The van der Waals surface area contributed by atoms with E-state index in [1.54, 1.807) is 70.2 Å². The number of carbonyl (C=O) groups excluding carboxylic acids is 1. The second kappa shape index (κ2) is 15.1. The number of rotatable bonds is 7. The van der Waals surface area contributed by atoms with Crippen molar-refractivity contribution in [2.24, 2.45) is 4.99 Å². The number of carboxylic acid groups (broad SMARTS) is 1. The van der Waals surface area contributed by atoms with Gasteiger partial charge in [-0.2, -0.15) is 16.8 Å². The van der Waals surface area contributed by atoms with Crippen molar-refractivity contribution in [3.8, 4) is 11.5 Å². The molecule has 5 rings (SSSR count). The van der Waals surface area contributed by atoms with Gasteiger partial charge in [0.2, 0.25) is 0 Å². The van der Waals surface area contributed by atoms with Crippen molar-refractivity contribution in [2.45, 2.75) is 80.3 Å². The van der Waals surface area contributed by atoms with Crippen molar-refractivity contribution in [3.63, 3.8) is 0 Å². The quantitative estimate of drug-likeness (QED) is 0.153. The molecule has 0 spiro atoms. The highest BCUT2D eigenvalue weighted by Gasteiger charge is 2.33. The summed E-state index contributed by atoms with van der Waals surface area (Å²) in [5, 5.41) is 14.4. The first-order valence-corrected chi connectivity index (χ1v) is 19.5. The van der Waals surface area contributed by atoms with Crippen LogP contribution in [0, 0.1) is 0 Å². The second-order valence-electron chi connectivity index (χ2n) is 13.3. The molecule has 0 radical (unpaired) electrons. The Morgan fingerprint density at radius 3 is 1.86 bits per heavy atom. The number of hydrogen-bond acceptors (Lipinski definition) is 9. The van der Waals surface area contributed by atoms with E-state index in [1.807, 2.05) is 27.7 Å². The maximum absolute atomic E-state index is 12.4. The van der Waals surface area contributed by atoms with Gasteiger partial charge in [0, 0.05) is 45.3 Å². The fraction of sp³-hybridized carbons (Fsp3) is 0.378. The molecule has 0 atom stereocenters. The molecule has 3 heterocycles. The highest BCUT2D eigenvalue weighted by Crippen LogP contribution is 2.45. The van der Waals surface area contributed by atoms with Gasteiger partial charge < -0.3 is 20.0 Å². The summed E-state index contributed by atoms with van der Waals surface area (Å²) in [6.45, 7) is 17.6. The van der Waals surface area contributed by atoms with E-state index in [-0.39, 0.29) is 11.4 Å². The van der Waals surface area contributed by atoms with Crippen LogP contribution >= 0.6 is 0 Å².